The molecule has 120 valence electrons. The van der Waals surface area contributed by atoms with Crippen molar-refractivity contribution in [3.8, 4) is 0 Å². The maximum absolute atomic E-state index is 3.48. The second kappa shape index (κ2) is 10.1. The third-order valence-electron chi connectivity index (χ3n) is 3.49. The Labute approximate surface area is 140 Å². The van der Waals surface area contributed by atoms with Crippen LogP contribution in [0.15, 0.2) is 24.3 Å². The van der Waals surface area contributed by atoms with Gasteiger partial charge in [-0.25, -0.2) is 0 Å². The molecule has 3 nitrogen and oxygen atoms in total. The molecule has 5 heteroatoms. The summed E-state index contributed by atoms with van der Waals surface area (Å²) >= 11 is 0. The van der Waals surface area contributed by atoms with Gasteiger partial charge in [-0.1, -0.05) is 25.1 Å². The van der Waals surface area contributed by atoms with Crippen molar-refractivity contribution < 1.29 is 0 Å². The minimum Gasteiger partial charge on any atom is -0.343 e. The molecular formula is C16H27Cl2N3. The number of hydrogen-bond acceptors (Lipinski definition) is 2. The summed E-state index contributed by atoms with van der Waals surface area (Å²) in [4.78, 5) is 0. The van der Waals surface area contributed by atoms with Crippen LogP contribution in [-0.4, -0.2) is 25.2 Å². The monoisotopic (exact) mass is 331 g/mol. The van der Waals surface area contributed by atoms with Crippen LogP contribution in [0.5, 0.6) is 0 Å². The first kappa shape index (κ1) is 20.3. The molecule has 2 aromatic rings. The molecule has 0 bridgehead atoms. The molecule has 2 N–H and O–H groups in total. The first-order valence-electron chi connectivity index (χ1n) is 7.21. The van der Waals surface area contributed by atoms with Crippen molar-refractivity contribution in [3.05, 3.63) is 35.5 Å². The summed E-state index contributed by atoms with van der Waals surface area (Å²) < 4.78 is 2.50. The highest BCUT2D eigenvalue weighted by Crippen LogP contribution is 2.28. The summed E-state index contributed by atoms with van der Waals surface area (Å²) in [5.74, 6) is 0. The summed E-state index contributed by atoms with van der Waals surface area (Å²) in [5.41, 5.74) is 4.50. The van der Waals surface area contributed by atoms with Crippen LogP contribution in [0.4, 0.5) is 0 Å². The average molecular weight is 332 g/mol. The minimum atomic E-state index is 0. The number of nitrogens with zero attached hydrogens (tertiary/aromatic N) is 1. The Balaban J connectivity index is 0.000000742. The molecule has 0 fully saturated rings. The van der Waals surface area contributed by atoms with Gasteiger partial charge in [-0.3, -0.25) is 0 Å². The molecule has 3 rings (SSSR count). The standard InChI is InChI=1S/C14H18N2.C2H7N.2ClH/c1-2-9-16-13-6-4-3-5-11(13)12-7-8-15-10-14(12)16;1-3-2;;/h3-6,15H,2,7-10H2,1H3;3H,1-2H3;2*1H. The highest BCUT2D eigenvalue weighted by molar-refractivity contribution is 5.86. The van der Waals surface area contributed by atoms with Crippen LogP contribution >= 0.6 is 24.8 Å². The lowest BCUT2D eigenvalue weighted by Gasteiger charge is -2.16. The zero-order chi connectivity index (χ0) is 13.7. The van der Waals surface area contributed by atoms with E-state index < -0.39 is 0 Å². The molecule has 0 unspecified atom stereocenters. The molecule has 2 heterocycles. The minimum absolute atomic E-state index is 0. The molecule has 0 atom stereocenters. The molecule has 0 radical (unpaired) electrons. The van der Waals surface area contributed by atoms with Crippen LogP contribution in [0.1, 0.15) is 24.6 Å². The van der Waals surface area contributed by atoms with Crippen LogP contribution < -0.4 is 10.6 Å². The molecule has 1 aromatic carbocycles. The van der Waals surface area contributed by atoms with Gasteiger partial charge in [-0.05, 0) is 45.1 Å². The molecule has 0 saturated heterocycles. The van der Waals surface area contributed by atoms with Crippen LogP contribution in [-0.2, 0) is 19.5 Å². The molecule has 0 aliphatic carbocycles. The number of aryl methyl sites for hydroxylation is 1. The molecular weight excluding hydrogens is 305 g/mol. The Morgan fingerprint density at radius 3 is 2.52 bits per heavy atom. The second-order valence-corrected chi connectivity index (χ2v) is 5.02. The molecule has 21 heavy (non-hydrogen) atoms. The van der Waals surface area contributed by atoms with Gasteiger partial charge in [-0.2, -0.15) is 0 Å². The van der Waals surface area contributed by atoms with Crippen LogP contribution in [0.25, 0.3) is 10.9 Å². The van der Waals surface area contributed by atoms with E-state index in [0.717, 1.165) is 19.6 Å². The summed E-state index contributed by atoms with van der Waals surface area (Å²) in [6.45, 7) is 5.53. The second-order valence-electron chi connectivity index (χ2n) is 5.02. The molecule has 1 aliphatic heterocycles. The lowest BCUT2D eigenvalue weighted by molar-refractivity contribution is 0.580. The Morgan fingerprint density at radius 1 is 1.19 bits per heavy atom. The van der Waals surface area contributed by atoms with Gasteiger partial charge in [0, 0.05) is 29.7 Å². The number of nitrogens with one attached hydrogen (secondary N) is 2. The van der Waals surface area contributed by atoms with Crippen molar-refractivity contribution >= 4 is 35.7 Å². The first-order chi connectivity index (χ1) is 9.33. The van der Waals surface area contributed by atoms with E-state index in [2.05, 4.69) is 46.4 Å². The third-order valence-corrected chi connectivity index (χ3v) is 3.49. The van der Waals surface area contributed by atoms with Crippen LogP contribution in [0, 0.1) is 0 Å². The van der Waals surface area contributed by atoms with Gasteiger partial charge >= 0.3 is 0 Å². The summed E-state index contributed by atoms with van der Waals surface area (Å²) in [7, 11) is 3.75. The van der Waals surface area contributed by atoms with Crippen molar-refractivity contribution in [1.82, 2.24) is 15.2 Å². The number of benzene rings is 1. The largest absolute Gasteiger partial charge is 0.343 e. The Hall–Kier alpha value is -0.740. The van der Waals surface area contributed by atoms with Crippen LogP contribution in [0.2, 0.25) is 0 Å². The van der Waals surface area contributed by atoms with E-state index in [4.69, 9.17) is 0 Å². The van der Waals surface area contributed by atoms with E-state index in [9.17, 15) is 0 Å². The van der Waals surface area contributed by atoms with Crippen molar-refractivity contribution in [2.45, 2.75) is 32.9 Å². The number of rotatable bonds is 2. The molecule has 0 saturated carbocycles. The Morgan fingerprint density at radius 2 is 1.86 bits per heavy atom. The number of fused-ring (bicyclic) bond motifs is 3. The van der Waals surface area contributed by atoms with Gasteiger partial charge in [0.15, 0.2) is 0 Å². The van der Waals surface area contributed by atoms with E-state index in [-0.39, 0.29) is 24.8 Å². The summed E-state index contributed by atoms with van der Waals surface area (Å²) in [6.07, 6.45) is 2.37. The highest BCUT2D eigenvalue weighted by Gasteiger charge is 2.18. The lowest BCUT2D eigenvalue weighted by atomic mass is 10.1. The van der Waals surface area contributed by atoms with Crippen molar-refractivity contribution in [2.24, 2.45) is 0 Å². The summed E-state index contributed by atoms with van der Waals surface area (Å²) in [6, 6.07) is 8.82. The van der Waals surface area contributed by atoms with E-state index in [1.54, 1.807) is 5.56 Å². The van der Waals surface area contributed by atoms with Crippen molar-refractivity contribution in [2.75, 3.05) is 20.6 Å². The fraction of sp³-hybridized carbons (Fsp3) is 0.500. The van der Waals surface area contributed by atoms with E-state index in [1.807, 2.05) is 14.1 Å². The maximum atomic E-state index is 3.48. The molecule has 0 amide bonds. The lowest BCUT2D eigenvalue weighted by Crippen LogP contribution is -2.25. The van der Waals surface area contributed by atoms with Gasteiger partial charge < -0.3 is 15.2 Å². The van der Waals surface area contributed by atoms with Gasteiger partial charge in [0.25, 0.3) is 0 Å². The van der Waals surface area contributed by atoms with Crippen molar-refractivity contribution in [1.29, 1.82) is 0 Å². The Kier molecular flexibility index (Phi) is 9.71. The van der Waals surface area contributed by atoms with Crippen molar-refractivity contribution in [3.63, 3.8) is 0 Å². The Bertz CT molecular complexity index is 538. The number of hydrogen-bond donors (Lipinski definition) is 2. The van der Waals surface area contributed by atoms with Crippen LogP contribution in [0.3, 0.4) is 0 Å². The van der Waals surface area contributed by atoms with E-state index in [1.165, 1.54) is 29.4 Å². The first-order valence-corrected chi connectivity index (χ1v) is 7.21. The SMILES string of the molecule is CCCn1c2c(c3ccccc31)CCNC2.CNC.Cl.Cl. The molecule has 0 spiro atoms. The zero-order valence-electron chi connectivity index (χ0n) is 13.1. The number of para-hydroxylation sites is 1. The quantitative estimate of drug-likeness (QED) is 0.883. The fourth-order valence-electron chi connectivity index (χ4n) is 2.81. The van der Waals surface area contributed by atoms with Gasteiger partial charge in [0.1, 0.15) is 0 Å². The van der Waals surface area contributed by atoms with Gasteiger partial charge in [0.2, 0.25) is 0 Å². The zero-order valence-corrected chi connectivity index (χ0v) is 14.7. The van der Waals surface area contributed by atoms with Gasteiger partial charge in [-0.15, -0.1) is 24.8 Å². The topological polar surface area (TPSA) is 29.0 Å². The maximum Gasteiger partial charge on any atom is 0.0485 e. The van der Waals surface area contributed by atoms with E-state index in [0.29, 0.717) is 0 Å². The van der Waals surface area contributed by atoms with Gasteiger partial charge in [0.05, 0.1) is 0 Å². The highest BCUT2D eigenvalue weighted by atomic mass is 35.5. The van der Waals surface area contributed by atoms with E-state index >= 15 is 0 Å². The fourth-order valence-corrected chi connectivity index (χ4v) is 2.81. The predicted octanol–water partition coefficient (Wildman–Crippen LogP) is 3.38. The average Bonchev–Trinajstić information content (AvgIpc) is 2.76. The number of aromatic nitrogens is 1. The molecule has 1 aliphatic rings. The molecule has 1 aromatic heterocycles. The smallest absolute Gasteiger partial charge is 0.0485 e. The third kappa shape index (κ3) is 4.36. The predicted molar refractivity (Wildman–Crippen MR) is 97.1 cm³/mol. The number of halogens is 2. The normalized spacial score (nSPS) is 12.5. The summed E-state index contributed by atoms with van der Waals surface area (Å²) in [5, 5.41) is 7.70.